The Hall–Kier alpha value is -2.13. The smallest absolute Gasteiger partial charge is 0.254 e. The number of carbonyl (C=O) groups excluding carboxylic acids is 1. The van der Waals surface area contributed by atoms with Crippen molar-refractivity contribution in [2.75, 3.05) is 26.8 Å². The Bertz CT molecular complexity index is 527. The highest BCUT2D eigenvalue weighted by molar-refractivity contribution is 5.94. The maximum Gasteiger partial charge on any atom is 0.254 e. The van der Waals surface area contributed by atoms with Gasteiger partial charge in [-0.25, -0.2) is 4.39 Å². The predicted molar refractivity (Wildman–Crippen MR) is 64.2 cm³/mol. The van der Waals surface area contributed by atoms with E-state index in [4.69, 9.17) is 14.7 Å². The maximum absolute atomic E-state index is 13.5. The van der Waals surface area contributed by atoms with E-state index in [2.05, 4.69) is 0 Å². The molecular formula is C13H13FN2O3. The molecule has 6 heteroatoms. The van der Waals surface area contributed by atoms with Crippen molar-refractivity contribution < 1.29 is 18.7 Å². The summed E-state index contributed by atoms with van der Waals surface area (Å²) in [5.74, 6) is -0.808. The highest BCUT2D eigenvalue weighted by Gasteiger charge is 2.25. The van der Waals surface area contributed by atoms with Gasteiger partial charge in [0, 0.05) is 12.1 Å². The summed E-state index contributed by atoms with van der Waals surface area (Å²) < 4.78 is 23.5. The van der Waals surface area contributed by atoms with Crippen LogP contribution < -0.4 is 4.74 Å². The molecule has 0 aromatic heterocycles. The Morgan fingerprint density at radius 3 is 3.05 bits per heavy atom. The Kier molecular flexibility index (Phi) is 3.97. The number of rotatable bonds is 2. The molecule has 19 heavy (non-hydrogen) atoms. The number of methoxy groups -OCH3 is 1. The Balaban J connectivity index is 2.15. The number of nitriles is 1. The third kappa shape index (κ3) is 2.83. The van der Waals surface area contributed by atoms with Gasteiger partial charge in [0.1, 0.15) is 0 Å². The molecule has 0 aliphatic carbocycles. The van der Waals surface area contributed by atoms with Gasteiger partial charge in [-0.05, 0) is 18.2 Å². The van der Waals surface area contributed by atoms with Crippen LogP contribution >= 0.6 is 0 Å². The van der Waals surface area contributed by atoms with E-state index in [-0.39, 0.29) is 23.8 Å². The minimum absolute atomic E-state index is 0.0911. The first-order valence-corrected chi connectivity index (χ1v) is 5.79. The minimum Gasteiger partial charge on any atom is -0.494 e. The van der Waals surface area contributed by atoms with Gasteiger partial charge >= 0.3 is 0 Å². The second kappa shape index (κ2) is 5.67. The Labute approximate surface area is 110 Å². The predicted octanol–water partition coefficient (Wildman–Crippen LogP) is 1.20. The molecule has 1 aromatic carbocycles. The van der Waals surface area contributed by atoms with Crippen molar-refractivity contribution in [1.29, 1.82) is 5.26 Å². The molecule has 1 heterocycles. The fourth-order valence-electron chi connectivity index (χ4n) is 1.89. The third-order valence-corrected chi connectivity index (χ3v) is 2.90. The van der Waals surface area contributed by atoms with Gasteiger partial charge in [-0.3, -0.25) is 4.79 Å². The number of carbonyl (C=O) groups is 1. The van der Waals surface area contributed by atoms with Crippen molar-refractivity contribution >= 4 is 5.91 Å². The number of halogens is 1. The lowest BCUT2D eigenvalue weighted by molar-refractivity contribution is 0.00345. The molecule has 5 nitrogen and oxygen atoms in total. The van der Waals surface area contributed by atoms with Crippen LogP contribution in [0.2, 0.25) is 0 Å². The second-order valence-electron chi connectivity index (χ2n) is 4.09. The maximum atomic E-state index is 13.5. The van der Waals surface area contributed by atoms with Gasteiger partial charge in [-0.1, -0.05) is 0 Å². The zero-order valence-electron chi connectivity index (χ0n) is 10.4. The van der Waals surface area contributed by atoms with E-state index in [1.807, 2.05) is 6.07 Å². The zero-order valence-corrected chi connectivity index (χ0v) is 10.4. The Morgan fingerprint density at radius 2 is 2.42 bits per heavy atom. The number of hydrogen-bond acceptors (Lipinski definition) is 4. The number of morpholine rings is 1. The molecular weight excluding hydrogens is 251 g/mol. The largest absolute Gasteiger partial charge is 0.494 e. The summed E-state index contributed by atoms with van der Waals surface area (Å²) in [5.41, 5.74) is 0.233. The molecule has 2 rings (SSSR count). The minimum atomic E-state index is -0.624. The first-order valence-electron chi connectivity index (χ1n) is 5.79. The van der Waals surface area contributed by atoms with E-state index in [1.165, 1.54) is 24.1 Å². The summed E-state index contributed by atoms with van der Waals surface area (Å²) >= 11 is 0. The van der Waals surface area contributed by atoms with Gasteiger partial charge in [-0.15, -0.1) is 0 Å². The topological polar surface area (TPSA) is 62.6 Å². The summed E-state index contributed by atoms with van der Waals surface area (Å²) in [7, 11) is 1.36. The summed E-state index contributed by atoms with van der Waals surface area (Å²) in [6.07, 6.45) is -0.624. The van der Waals surface area contributed by atoms with Crippen LogP contribution in [0.3, 0.4) is 0 Å². The van der Waals surface area contributed by atoms with Crippen LogP contribution in [0.1, 0.15) is 10.4 Å². The fraction of sp³-hybridized carbons (Fsp3) is 0.385. The average molecular weight is 264 g/mol. The highest BCUT2D eigenvalue weighted by Crippen LogP contribution is 2.19. The monoisotopic (exact) mass is 264 g/mol. The third-order valence-electron chi connectivity index (χ3n) is 2.90. The molecule has 0 saturated carbocycles. The average Bonchev–Trinajstić information content (AvgIpc) is 2.46. The van der Waals surface area contributed by atoms with Crippen molar-refractivity contribution in [2.45, 2.75) is 6.10 Å². The lowest BCUT2D eigenvalue weighted by atomic mass is 10.1. The molecule has 1 unspecified atom stereocenters. The number of nitrogens with zero attached hydrogens (tertiary/aromatic N) is 2. The first-order chi connectivity index (χ1) is 9.15. The van der Waals surface area contributed by atoms with Crippen molar-refractivity contribution in [3.05, 3.63) is 29.6 Å². The Morgan fingerprint density at radius 1 is 1.63 bits per heavy atom. The van der Waals surface area contributed by atoms with Crippen LogP contribution in [0.25, 0.3) is 0 Å². The number of hydrogen-bond donors (Lipinski definition) is 0. The van der Waals surface area contributed by atoms with Crippen LogP contribution in [-0.4, -0.2) is 43.7 Å². The molecule has 1 aliphatic rings. The van der Waals surface area contributed by atoms with Crippen LogP contribution in [0.4, 0.5) is 4.39 Å². The van der Waals surface area contributed by atoms with E-state index < -0.39 is 11.9 Å². The lowest BCUT2D eigenvalue weighted by Gasteiger charge is -2.29. The van der Waals surface area contributed by atoms with Gasteiger partial charge in [0.25, 0.3) is 5.91 Å². The van der Waals surface area contributed by atoms with Crippen LogP contribution in [-0.2, 0) is 4.74 Å². The molecule has 1 fully saturated rings. The summed E-state index contributed by atoms with van der Waals surface area (Å²) in [6, 6.07) is 6.01. The summed E-state index contributed by atoms with van der Waals surface area (Å²) in [4.78, 5) is 13.7. The first kappa shape index (κ1) is 13.3. The van der Waals surface area contributed by atoms with Crippen molar-refractivity contribution in [2.24, 2.45) is 0 Å². The van der Waals surface area contributed by atoms with Gasteiger partial charge in [0.2, 0.25) is 0 Å². The SMILES string of the molecule is COc1ccc(C(=O)N2CCOC(C#N)C2)cc1F. The van der Waals surface area contributed by atoms with Crippen molar-refractivity contribution in [1.82, 2.24) is 4.90 Å². The van der Waals surface area contributed by atoms with E-state index in [1.54, 1.807) is 0 Å². The molecule has 0 spiro atoms. The number of benzene rings is 1. The normalized spacial score (nSPS) is 18.8. The quantitative estimate of drug-likeness (QED) is 0.805. The summed E-state index contributed by atoms with van der Waals surface area (Å²) in [6.45, 7) is 0.899. The number of ether oxygens (including phenoxy) is 2. The number of amides is 1. The molecule has 1 amide bonds. The van der Waals surface area contributed by atoms with E-state index in [9.17, 15) is 9.18 Å². The summed E-state index contributed by atoms with van der Waals surface area (Å²) in [5, 5.41) is 8.78. The standard InChI is InChI=1S/C13H13FN2O3/c1-18-12-3-2-9(6-11(12)14)13(17)16-4-5-19-10(7-15)8-16/h2-3,6,10H,4-5,8H2,1H3. The van der Waals surface area contributed by atoms with E-state index >= 15 is 0 Å². The van der Waals surface area contributed by atoms with Crippen LogP contribution in [0, 0.1) is 17.1 Å². The molecule has 1 atom stereocenters. The molecule has 0 radical (unpaired) electrons. The highest BCUT2D eigenvalue weighted by atomic mass is 19.1. The van der Waals surface area contributed by atoms with Crippen molar-refractivity contribution in [3.63, 3.8) is 0 Å². The molecule has 100 valence electrons. The zero-order chi connectivity index (χ0) is 13.8. The van der Waals surface area contributed by atoms with Crippen molar-refractivity contribution in [3.8, 4) is 11.8 Å². The molecule has 1 aromatic rings. The van der Waals surface area contributed by atoms with Gasteiger partial charge in [0.15, 0.2) is 17.7 Å². The van der Waals surface area contributed by atoms with Gasteiger partial charge < -0.3 is 14.4 Å². The molecule has 1 aliphatic heterocycles. The molecule has 1 saturated heterocycles. The van der Waals surface area contributed by atoms with Crippen LogP contribution in [0.5, 0.6) is 5.75 Å². The fourth-order valence-corrected chi connectivity index (χ4v) is 1.89. The van der Waals surface area contributed by atoms with Gasteiger partial charge in [0.05, 0.1) is 26.3 Å². The van der Waals surface area contributed by atoms with E-state index in [0.717, 1.165) is 6.07 Å². The second-order valence-corrected chi connectivity index (χ2v) is 4.09. The van der Waals surface area contributed by atoms with Gasteiger partial charge in [-0.2, -0.15) is 5.26 Å². The van der Waals surface area contributed by atoms with Crippen LogP contribution in [0.15, 0.2) is 18.2 Å². The lowest BCUT2D eigenvalue weighted by Crippen LogP contribution is -2.45. The molecule has 0 bridgehead atoms. The molecule has 0 N–H and O–H groups in total. The van der Waals surface area contributed by atoms with E-state index in [0.29, 0.717) is 13.2 Å².